The first-order valence-corrected chi connectivity index (χ1v) is 5.94. The molecule has 14 heavy (non-hydrogen) atoms. The van der Waals surface area contributed by atoms with E-state index in [1.54, 1.807) is 0 Å². The molecule has 0 radical (unpaired) electrons. The fraction of sp³-hybridized carbons (Fsp3) is 1.00. The summed E-state index contributed by atoms with van der Waals surface area (Å²) in [6.07, 6.45) is 4.04. The van der Waals surface area contributed by atoms with Gasteiger partial charge in [-0.15, -0.1) is 0 Å². The number of nitrogens with zero attached hydrogens (tertiary/aromatic N) is 1. The van der Waals surface area contributed by atoms with E-state index in [2.05, 4.69) is 17.1 Å². The summed E-state index contributed by atoms with van der Waals surface area (Å²) in [7, 11) is 0. The number of aliphatic hydroxyl groups excluding tert-OH is 1. The third-order valence-electron chi connectivity index (χ3n) is 3.74. The third-order valence-corrected chi connectivity index (χ3v) is 3.74. The van der Waals surface area contributed by atoms with Crippen LogP contribution in [0.15, 0.2) is 0 Å². The smallest absolute Gasteiger partial charge is 0.0831 e. The van der Waals surface area contributed by atoms with Gasteiger partial charge in [-0.25, -0.2) is 0 Å². The van der Waals surface area contributed by atoms with Crippen LogP contribution in [0, 0.1) is 5.92 Å². The van der Waals surface area contributed by atoms with Gasteiger partial charge in [-0.3, -0.25) is 4.90 Å². The highest BCUT2D eigenvalue weighted by Gasteiger charge is 2.31. The van der Waals surface area contributed by atoms with E-state index in [9.17, 15) is 5.11 Å². The van der Waals surface area contributed by atoms with Crippen molar-refractivity contribution in [3.8, 4) is 0 Å². The monoisotopic (exact) mass is 198 g/mol. The van der Waals surface area contributed by atoms with E-state index in [0.717, 1.165) is 25.6 Å². The Morgan fingerprint density at radius 2 is 2.14 bits per heavy atom. The molecule has 1 saturated carbocycles. The zero-order chi connectivity index (χ0) is 9.97. The average Bonchev–Trinajstić information content (AvgIpc) is 2.51. The van der Waals surface area contributed by atoms with E-state index in [1.165, 1.54) is 25.8 Å². The molecule has 2 unspecified atom stereocenters. The molecule has 2 N–H and O–H groups in total. The van der Waals surface area contributed by atoms with Crippen LogP contribution >= 0.6 is 0 Å². The molecule has 0 bridgehead atoms. The molecule has 0 aromatic carbocycles. The van der Waals surface area contributed by atoms with Crippen molar-refractivity contribution in [1.82, 2.24) is 10.2 Å². The molecule has 1 aliphatic heterocycles. The maximum Gasteiger partial charge on any atom is 0.0831 e. The summed E-state index contributed by atoms with van der Waals surface area (Å²) in [5.74, 6) is 0.905. The van der Waals surface area contributed by atoms with Crippen molar-refractivity contribution in [2.75, 3.05) is 26.2 Å². The van der Waals surface area contributed by atoms with Gasteiger partial charge in [-0.1, -0.05) is 13.3 Å². The van der Waals surface area contributed by atoms with Crippen LogP contribution in [0.2, 0.25) is 0 Å². The second-order valence-corrected chi connectivity index (χ2v) is 4.68. The highest BCUT2D eigenvalue weighted by atomic mass is 16.3. The van der Waals surface area contributed by atoms with Crippen molar-refractivity contribution >= 4 is 0 Å². The normalized spacial score (nSPS) is 33.6. The second kappa shape index (κ2) is 4.60. The number of rotatable bonds is 4. The largest absolute Gasteiger partial charge is 0.390 e. The summed E-state index contributed by atoms with van der Waals surface area (Å²) in [6, 6.07) is 0.362. The van der Waals surface area contributed by atoms with Gasteiger partial charge < -0.3 is 10.4 Å². The van der Waals surface area contributed by atoms with Crippen LogP contribution in [0.4, 0.5) is 0 Å². The molecule has 0 spiro atoms. The van der Waals surface area contributed by atoms with E-state index < -0.39 is 0 Å². The maximum absolute atomic E-state index is 9.79. The minimum absolute atomic E-state index is 0.157. The summed E-state index contributed by atoms with van der Waals surface area (Å²) in [5.41, 5.74) is 0. The van der Waals surface area contributed by atoms with Crippen molar-refractivity contribution in [3.63, 3.8) is 0 Å². The summed E-state index contributed by atoms with van der Waals surface area (Å²) >= 11 is 0. The summed E-state index contributed by atoms with van der Waals surface area (Å²) in [5, 5.41) is 13.0. The number of likely N-dealkylation sites (N-methyl/N-ethyl adjacent to an activating group) is 1. The zero-order valence-corrected chi connectivity index (χ0v) is 9.08. The van der Waals surface area contributed by atoms with E-state index in [4.69, 9.17) is 0 Å². The summed E-state index contributed by atoms with van der Waals surface area (Å²) in [6.45, 7) is 6.19. The molecular formula is C11H22N2O. The van der Waals surface area contributed by atoms with Crippen LogP contribution in [0.5, 0.6) is 0 Å². The van der Waals surface area contributed by atoms with Gasteiger partial charge in [0.05, 0.1) is 6.10 Å². The van der Waals surface area contributed by atoms with Crippen LogP contribution in [-0.2, 0) is 0 Å². The first kappa shape index (κ1) is 10.4. The lowest BCUT2D eigenvalue weighted by Gasteiger charge is -2.36. The van der Waals surface area contributed by atoms with Gasteiger partial charge in [0.1, 0.15) is 0 Å². The number of hydrogen-bond acceptors (Lipinski definition) is 3. The van der Waals surface area contributed by atoms with Crippen molar-refractivity contribution in [2.24, 2.45) is 5.92 Å². The molecule has 0 aromatic rings. The lowest BCUT2D eigenvalue weighted by atomic mass is 9.85. The minimum Gasteiger partial charge on any atom is -0.390 e. The number of nitrogens with one attached hydrogen (secondary N) is 1. The molecule has 3 nitrogen and oxygen atoms in total. The highest BCUT2D eigenvalue weighted by Crippen LogP contribution is 2.28. The standard InChI is InChI=1S/C11H22N2O/c1-2-13(8-9-4-3-5-9)10-6-12-7-11(10)14/h9-12,14H,2-8H2,1H3. The Morgan fingerprint density at radius 3 is 2.57 bits per heavy atom. The zero-order valence-electron chi connectivity index (χ0n) is 9.08. The van der Waals surface area contributed by atoms with Crippen LogP contribution < -0.4 is 5.32 Å². The van der Waals surface area contributed by atoms with E-state index in [1.807, 2.05) is 0 Å². The molecular weight excluding hydrogens is 176 g/mol. The molecule has 0 amide bonds. The van der Waals surface area contributed by atoms with Crippen molar-refractivity contribution < 1.29 is 5.11 Å². The van der Waals surface area contributed by atoms with Gasteiger partial charge in [-0.05, 0) is 25.3 Å². The van der Waals surface area contributed by atoms with Crippen molar-refractivity contribution in [2.45, 2.75) is 38.3 Å². The summed E-state index contributed by atoms with van der Waals surface area (Å²) in [4.78, 5) is 2.45. The molecule has 82 valence electrons. The first-order valence-electron chi connectivity index (χ1n) is 5.94. The number of hydrogen-bond donors (Lipinski definition) is 2. The van der Waals surface area contributed by atoms with E-state index in [-0.39, 0.29) is 6.10 Å². The average molecular weight is 198 g/mol. The van der Waals surface area contributed by atoms with E-state index >= 15 is 0 Å². The predicted octanol–water partition coefficient (Wildman–Crippen LogP) is 0.441. The topological polar surface area (TPSA) is 35.5 Å². The Hall–Kier alpha value is -0.120. The Bertz CT molecular complexity index is 182. The number of aliphatic hydroxyl groups is 1. The Kier molecular flexibility index (Phi) is 3.42. The van der Waals surface area contributed by atoms with Gasteiger partial charge in [0, 0.05) is 25.7 Å². The molecule has 1 heterocycles. The molecule has 3 heteroatoms. The fourth-order valence-corrected chi connectivity index (χ4v) is 2.53. The maximum atomic E-state index is 9.79. The van der Waals surface area contributed by atoms with Gasteiger partial charge in [0.2, 0.25) is 0 Å². The fourth-order valence-electron chi connectivity index (χ4n) is 2.53. The van der Waals surface area contributed by atoms with Crippen LogP contribution in [0.1, 0.15) is 26.2 Å². The molecule has 2 fully saturated rings. The molecule has 2 rings (SSSR count). The Balaban J connectivity index is 1.84. The van der Waals surface area contributed by atoms with Crippen LogP contribution in [0.3, 0.4) is 0 Å². The second-order valence-electron chi connectivity index (χ2n) is 4.68. The highest BCUT2D eigenvalue weighted by molar-refractivity contribution is 4.89. The minimum atomic E-state index is -0.157. The van der Waals surface area contributed by atoms with E-state index in [0.29, 0.717) is 6.04 Å². The molecule has 2 aliphatic rings. The summed E-state index contributed by atoms with van der Waals surface area (Å²) < 4.78 is 0. The SMILES string of the molecule is CCN(CC1CCC1)C1CNCC1O. The Labute approximate surface area is 86.5 Å². The van der Waals surface area contributed by atoms with Gasteiger partial charge >= 0.3 is 0 Å². The van der Waals surface area contributed by atoms with Crippen molar-refractivity contribution in [1.29, 1.82) is 0 Å². The molecule has 0 aromatic heterocycles. The molecule has 1 aliphatic carbocycles. The molecule has 1 saturated heterocycles. The lowest BCUT2D eigenvalue weighted by Crippen LogP contribution is -2.46. The molecule has 2 atom stereocenters. The van der Waals surface area contributed by atoms with Crippen molar-refractivity contribution in [3.05, 3.63) is 0 Å². The van der Waals surface area contributed by atoms with Gasteiger partial charge in [0.15, 0.2) is 0 Å². The first-order chi connectivity index (χ1) is 6.81. The predicted molar refractivity (Wildman–Crippen MR) is 57.3 cm³/mol. The van der Waals surface area contributed by atoms with Gasteiger partial charge in [0.25, 0.3) is 0 Å². The van der Waals surface area contributed by atoms with Gasteiger partial charge in [-0.2, -0.15) is 0 Å². The van der Waals surface area contributed by atoms with Crippen LogP contribution in [-0.4, -0.2) is 48.3 Å². The third kappa shape index (κ3) is 2.10. The Morgan fingerprint density at radius 1 is 1.36 bits per heavy atom. The lowest BCUT2D eigenvalue weighted by molar-refractivity contribution is 0.0646. The number of β-amino-alcohol motifs (C(OH)–C–C–N with tert-alkyl or cyclic N) is 1. The quantitative estimate of drug-likeness (QED) is 0.688. The van der Waals surface area contributed by atoms with Crippen LogP contribution in [0.25, 0.3) is 0 Å².